The predicted molar refractivity (Wildman–Crippen MR) is 104 cm³/mol. The molecule has 2 heterocycles. The molecule has 1 aromatic heterocycles. The summed E-state index contributed by atoms with van der Waals surface area (Å²) in [5.41, 5.74) is 3.17. The predicted octanol–water partition coefficient (Wildman–Crippen LogP) is 2.48. The van der Waals surface area contributed by atoms with Gasteiger partial charge in [-0.15, -0.1) is 10.2 Å². The maximum atomic E-state index is 12.5. The number of amides is 1. The lowest BCUT2D eigenvalue weighted by Gasteiger charge is -2.26. The Morgan fingerprint density at radius 3 is 2.70 bits per heavy atom. The lowest BCUT2D eigenvalue weighted by Crippen LogP contribution is -2.41. The van der Waals surface area contributed by atoms with Gasteiger partial charge in [-0.1, -0.05) is 17.8 Å². The van der Waals surface area contributed by atoms with Crippen molar-refractivity contribution in [2.45, 2.75) is 38.5 Å². The van der Waals surface area contributed by atoms with Crippen LogP contribution in [0.4, 0.5) is 0 Å². The van der Waals surface area contributed by atoms with E-state index in [0.29, 0.717) is 24.1 Å². The number of carbonyl (C=O) groups is 1. The third-order valence-electron chi connectivity index (χ3n) is 4.79. The van der Waals surface area contributed by atoms with Gasteiger partial charge in [0.15, 0.2) is 9.84 Å². The molecule has 0 N–H and O–H groups in total. The van der Waals surface area contributed by atoms with Gasteiger partial charge in [0.2, 0.25) is 11.8 Å². The summed E-state index contributed by atoms with van der Waals surface area (Å²) in [7, 11) is -3.03. The van der Waals surface area contributed by atoms with Crippen LogP contribution in [0.5, 0.6) is 0 Å². The molecule has 1 saturated heterocycles. The molecule has 1 aliphatic heterocycles. The van der Waals surface area contributed by atoms with E-state index in [1.54, 1.807) is 4.90 Å². The number of carbonyl (C=O) groups excluding carboxylic acids is 1. The summed E-state index contributed by atoms with van der Waals surface area (Å²) in [6, 6.07) is 5.68. The fourth-order valence-corrected chi connectivity index (χ4v) is 5.50. The summed E-state index contributed by atoms with van der Waals surface area (Å²) in [6.45, 7) is 6.40. The van der Waals surface area contributed by atoms with Crippen LogP contribution < -0.4 is 0 Å². The number of hydrogen-bond donors (Lipinski definition) is 0. The van der Waals surface area contributed by atoms with E-state index in [9.17, 15) is 13.2 Å². The summed E-state index contributed by atoms with van der Waals surface area (Å²) >= 11 is 1.17. The van der Waals surface area contributed by atoms with Crippen molar-refractivity contribution < 1.29 is 17.6 Å². The molecule has 3 rings (SSSR count). The Morgan fingerprint density at radius 2 is 2.07 bits per heavy atom. The van der Waals surface area contributed by atoms with Crippen LogP contribution >= 0.6 is 11.8 Å². The van der Waals surface area contributed by atoms with Crippen molar-refractivity contribution in [1.82, 2.24) is 15.1 Å². The molecule has 0 bridgehead atoms. The largest absolute Gasteiger partial charge is 0.411 e. The van der Waals surface area contributed by atoms with Gasteiger partial charge in [0.1, 0.15) is 0 Å². The van der Waals surface area contributed by atoms with Gasteiger partial charge >= 0.3 is 0 Å². The highest BCUT2D eigenvalue weighted by molar-refractivity contribution is 7.99. The minimum atomic E-state index is -3.03. The standard InChI is InChI=1S/C18H23N3O4S2/c1-4-21(15-7-8-27(23,24)11-15)16(22)10-26-18-20-19-17(25-18)14-6-5-12(2)13(3)9-14/h5-6,9,15H,4,7-8,10-11H2,1-3H3/t15-/m1/s1. The average molecular weight is 410 g/mol. The zero-order valence-corrected chi connectivity index (χ0v) is 17.3. The number of hydrogen-bond acceptors (Lipinski definition) is 7. The lowest BCUT2D eigenvalue weighted by atomic mass is 10.1. The molecular weight excluding hydrogens is 386 g/mol. The monoisotopic (exact) mass is 409 g/mol. The van der Waals surface area contributed by atoms with E-state index in [0.717, 1.165) is 11.1 Å². The van der Waals surface area contributed by atoms with Gasteiger partial charge in [-0.2, -0.15) is 0 Å². The van der Waals surface area contributed by atoms with E-state index in [-0.39, 0.29) is 29.2 Å². The third kappa shape index (κ3) is 4.70. The van der Waals surface area contributed by atoms with E-state index in [1.807, 2.05) is 39.0 Å². The van der Waals surface area contributed by atoms with Crippen LogP contribution in [0.1, 0.15) is 24.5 Å². The van der Waals surface area contributed by atoms with Crippen molar-refractivity contribution in [2.75, 3.05) is 23.8 Å². The normalized spacial score (nSPS) is 18.6. The highest BCUT2D eigenvalue weighted by Gasteiger charge is 2.33. The number of thioether (sulfide) groups is 1. The molecule has 1 aliphatic rings. The Hall–Kier alpha value is -1.87. The van der Waals surface area contributed by atoms with Gasteiger partial charge in [0.25, 0.3) is 5.22 Å². The molecule has 0 saturated carbocycles. The minimum Gasteiger partial charge on any atom is -0.411 e. The maximum Gasteiger partial charge on any atom is 0.277 e. The fourth-order valence-electron chi connectivity index (χ4n) is 3.12. The molecule has 2 aromatic rings. The average Bonchev–Trinajstić information content (AvgIpc) is 3.23. The van der Waals surface area contributed by atoms with Crippen LogP contribution in [0.15, 0.2) is 27.8 Å². The zero-order valence-electron chi connectivity index (χ0n) is 15.6. The molecule has 0 radical (unpaired) electrons. The Morgan fingerprint density at radius 1 is 1.30 bits per heavy atom. The van der Waals surface area contributed by atoms with Crippen LogP contribution in [-0.4, -0.2) is 59.3 Å². The van der Waals surface area contributed by atoms with Crippen LogP contribution in [-0.2, 0) is 14.6 Å². The van der Waals surface area contributed by atoms with Gasteiger partial charge in [-0.25, -0.2) is 8.42 Å². The Balaban J connectivity index is 1.62. The molecule has 27 heavy (non-hydrogen) atoms. The van der Waals surface area contributed by atoms with Crippen LogP contribution in [0.25, 0.3) is 11.5 Å². The summed E-state index contributed by atoms with van der Waals surface area (Å²) in [5.74, 6) is 0.642. The number of sulfone groups is 1. The molecule has 7 nitrogen and oxygen atoms in total. The van der Waals surface area contributed by atoms with E-state index in [4.69, 9.17) is 4.42 Å². The van der Waals surface area contributed by atoms with E-state index in [1.165, 1.54) is 17.3 Å². The van der Waals surface area contributed by atoms with Crippen molar-refractivity contribution in [2.24, 2.45) is 0 Å². The number of aryl methyl sites for hydroxylation is 2. The quantitative estimate of drug-likeness (QED) is 0.677. The summed E-state index contributed by atoms with van der Waals surface area (Å²) in [5, 5.41) is 8.38. The van der Waals surface area contributed by atoms with Crippen molar-refractivity contribution in [1.29, 1.82) is 0 Å². The first kappa shape index (κ1) is 19.9. The van der Waals surface area contributed by atoms with E-state index >= 15 is 0 Å². The minimum absolute atomic E-state index is 0.0503. The van der Waals surface area contributed by atoms with E-state index < -0.39 is 9.84 Å². The summed E-state index contributed by atoms with van der Waals surface area (Å²) in [4.78, 5) is 14.2. The summed E-state index contributed by atoms with van der Waals surface area (Å²) in [6.07, 6.45) is 0.504. The first-order valence-electron chi connectivity index (χ1n) is 8.83. The molecule has 146 valence electrons. The second-order valence-electron chi connectivity index (χ2n) is 6.70. The van der Waals surface area contributed by atoms with Crippen LogP contribution in [0.2, 0.25) is 0 Å². The molecule has 9 heteroatoms. The van der Waals surface area contributed by atoms with Crippen LogP contribution in [0.3, 0.4) is 0 Å². The first-order valence-corrected chi connectivity index (χ1v) is 11.6. The number of rotatable bonds is 6. The van der Waals surface area contributed by atoms with Gasteiger partial charge in [0.05, 0.1) is 17.3 Å². The summed E-state index contributed by atoms with van der Waals surface area (Å²) < 4.78 is 29.0. The van der Waals surface area contributed by atoms with Gasteiger partial charge in [-0.3, -0.25) is 4.79 Å². The highest BCUT2D eigenvalue weighted by atomic mass is 32.2. The fraction of sp³-hybridized carbons (Fsp3) is 0.500. The van der Waals surface area contributed by atoms with Crippen LogP contribution in [0, 0.1) is 13.8 Å². The molecule has 0 spiro atoms. The topological polar surface area (TPSA) is 93.4 Å². The molecule has 0 aliphatic carbocycles. The Labute approximate surface area is 163 Å². The Kier molecular flexibility index (Phi) is 5.90. The van der Waals surface area contributed by atoms with E-state index in [2.05, 4.69) is 10.2 Å². The smallest absolute Gasteiger partial charge is 0.277 e. The molecule has 1 fully saturated rings. The number of benzene rings is 1. The zero-order chi connectivity index (χ0) is 19.6. The van der Waals surface area contributed by atoms with Crippen molar-refractivity contribution in [3.05, 3.63) is 29.3 Å². The third-order valence-corrected chi connectivity index (χ3v) is 7.34. The van der Waals surface area contributed by atoms with Gasteiger partial charge < -0.3 is 9.32 Å². The number of nitrogens with zero attached hydrogens (tertiary/aromatic N) is 3. The molecule has 1 aromatic carbocycles. The first-order chi connectivity index (χ1) is 12.8. The number of aromatic nitrogens is 2. The molecular formula is C18H23N3O4S2. The van der Waals surface area contributed by atoms with Gasteiger partial charge in [-0.05, 0) is 50.5 Å². The molecule has 1 amide bonds. The second-order valence-corrected chi connectivity index (χ2v) is 9.85. The SMILES string of the molecule is CCN(C(=O)CSc1nnc(-c2ccc(C)c(C)c2)o1)[C@@H]1CCS(=O)(=O)C1. The highest BCUT2D eigenvalue weighted by Crippen LogP contribution is 2.26. The van der Waals surface area contributed by atoms with Crippen molar-refractivity contribution in [3.8, 4) is 11.5 Å². The second kappa shape index (κ2) is 8.02. The molecule has 0 unspecified atom stereocenters. The molecule has 1 atom stereocenters. The van der Waals surface area contributed by atoms with Crippen molar-refractivity contribution in [3.63, 3.8) is 0 Å². The van der Waals surface area contributed by atoms with Crippen molar-refractivity contribution >= 4 is 27.5 Å². The maximum absolute atomic E-state index is 12.5. The van der Waals surface area contributed by atoms with Gasteiger partial charge in [0, 0.05) is 18.2 Å². The lowest BCUT2D eigenvalue weighted by molar-refractivity contribution is -0.129. The Bertz CT molecular complexity index is 940.